The van der Waals surface area contributed by atoms with Crippen LogP contribution in [0.15, 0.2) is 42.5 Å². The molecule has 100 valence electrons. The van der Waals surface area contributed by atoms with Crippen molar-refractivity contribution in [2.75, 3.05) is 14.2 Å². The smallest absolute Gasteiger partial charge is 0.123 e. The van der Waals surface area contributed by atoms with Gasteiger partial charge in [-0.25, -0.2) is 0 Å². The molecule has 0 heterocycles. The fourth-order valence-corrected chi connectivity index (χ4v) is 2.45. The summed E-state index contributed by atoms with van der Waals surface area (Å²) < 4.78 is 5.48. The standard InChI is InChI=1S/C17H21NO/c1-12-9-10-13(2)15(11-12)17(18-3)14-7-5-6-8-16(14)19-4/h5-11,17-18H,1-4H3. The van der Waals surface area contributed by atoms with Crippen LogP contribution >= 0.6 is 0 Å². The van der Waals surface area contributed by atoms with E-state index < -0.39 is 0 Å². The van der Waals surface area contributed by atoms with E-state index in [1.807, 2.05) is 25.2 Å². The number of para-hydroxylation sites is 1. The van der Waals surface area contributed by atoms with Crippen molar-refractivity contribution >= 4 is 0 Å². The monoisotopic (exact) mass is 255 g/mol. The molecule has 1 unspecified atom stereocenters. The molecule has 0 spiro atoms. The lowest BCUT2D eigenvalue weighted by atomic mass is 9.93. The highest BCUT2D eigenvalue weighted by molar-refractivity contribution is 5.44. The highest BCUT2D eigenvalue weighted by Gasteiger charge is 2.17. The molecule has 2 aromatic carbocycles. The summed E-state index contributed by atoms with van der Waals surface area (Å²) >= 11 is 0. The first-order chi connectivity index (χ1) is 9.17. The zero-order valence-corrected chi connectivity index (χ0v) is 12.0. The average molecular weight is 255 g/mol. The first-order valence-corrected chi connectivity index (χ1v) is 6.54. The summed E-state index contributed by atoms with van der Waals surface area (Å²) in [5, 5.41) is 3.40. The van der Waals surface area contributed by atoms with Gasteiger partial charge in [-0.05, 0) is 38.1 Å². The molecule has 0 radical (unpaired) electrons. The number of benzene rings is 2. The molecule has 0 aliphatic carbocycles. The van der Waals surface area contributed by atoms with Crippen LogP contribution in [0.5, 0.6) is 5.75 Å². The number of hydrogen-bond acceptors (Lipinski definition) is 2. The Labute approximate surface area is 115 Å². The van der Waals surface area contributed by atoms with Gasteiger partial charge in [0.15, 0.2) is 0 Å². The second-order valence-corrected chi connectivity index (χ2v) is 4.82. The molecule has 0 saturated heterocycles. The fraction of sp³-hybridized carbons (Fsp3) is 0.294. The molecule has 0 amide bonds. The summed E-state index contributed by atoms with van der Waals surface area (Å²) in [6.45, 7) is 4.27. The summed E-state index contributed by atoms with van der Waals surface area (Å²) in [6, 6.07) is 14.9. The molecule has 1 atom stereocenters. The van der Waals surface area contributed by atoms with Crippen LogP contribution in [0.4, 0.5) is 0 Å². The van der Waals surface area contributed by atoms with E-state index in [-0.39, 0.29) is 6.04 Å². The predicted molar refractivity (Wildman–Crippen MR) is 79.8 cm³/mol. The highest BCUT2D eigenvalue weighted by atomic mass is 16.5. The molecule has 2 nitrogen and oxygen atoms in total. The van der Waals surface area contributed by atoms with Crippen LogP contribution < -0.4 is 10.1 Å². The zero-order valence-electron chi connectivity index (χ0n) is 12.0. The van der Waals surface area contributed by atoms with Gasteiger partial charge in [-0.1, -0.05) is 42.0 Å². The molecular formula is C17H21NO. The first kappa shape index (κ1) is 13.6. The number of methoxy groups -OCH3 is 1. The van der Waals surface area contributed by atoms with E-state index in [1.54, 1.807) is 7.11 Å². The van der Waals surface area contributed by atoms with Gasteiger partial charge >= 0.3 is 0 Å². The van der Waals surface area contributed by atoms with Gasteiger partial charge in [-0.15, -0.1) is 0 Å². The fourth-order valence-electron chi connectivity index (χ4n) is 2.45. The van der Waals surface area contributed by atoms with Crippen LogP contribution in [0.1, 0.15) is 28.3 Å². The van der Waals surface area contributed by atoms with Gasteiger partial charge in [0.2, 0.25) is 0 Å². The lowest BCUT2D eigenvalue weighted by Crippen LogP contribution is -2.19. The van der Waals surface area contributed by atoms with Crippen molar-refractivity contribution in [1.29, 1.82) is 0 Å². The van der Waals surface area contributed by atoms with E-state index in [4.69, 9.17) is 4.74 Å². The molecule has 2 rings (SSSR count). The number of ether oxygens (including phenoxy) is 1. The summed E-state index contributed by atoms with van der Waals surface area (Å²) in [5.74, 6) is 0.919. The van der Waals surface area contributed by atoms with Crippen LogP contribution in [0, 0.1) is 13.8 Å². The Morgan fingerprint density at radius 3 is 2.42 bits per heavy atom. The van der Waals surface area contributed by atoms with E-state index in [0.29, 0.717) is 0 Å². The molecule has 0 aliphatic rings. The third-order valence-corrected chi connectivity index (χ3v) is 3.48. The largest absolute Gasteiger partial charge is 0.496 e. The Bertz CT molecular complexity index is 563. The van der Waals surface area contributed by atoms with Crippen molar-refractivity contribution in [2.24, 2.45) is 0 Å². The Hall–Kier alpha value is -1.80. The Morgan fingerprint density at radius 1 is 1.00 bits per heavy atom. The molecule has 1 N–H and O–H groups in total. The quantitative estimate of drug-likeness (QED) is 0.901. The van der Waals surface area contributed by atoms with Crippen LogP contribution in [-0.4, -0.2) is 14.2 Å². The molecule has 0 bridgehead atoms. The SMILES string of the molecule is CNC(c1cc(C)ccc1C)c1ccccc1OC. The van der Waals surface area contributed by atoms with Crippen molar-refractivity contribution in [2.45, 2.75) is 19.9 Å². The van der Waals surface area contributed by atoms with E-state index in [2.05, 4.69) is 43.4 Å². The molecule has 2 heteroatoms. The zero-order chi connectivity index (χ0) is 13.8. The molecule has 0 saturated carbocycles. The van der Waals surface area contributed by atoms with Crippen LogP contribution in [0.25, 0.3) is 0 Å². The summed E-state index contributed by atoms with van der Waals surface area (Å²) in [5.41, 5.74) is 5.03. The lowest BCUT2D eigenvalue weighted by Gasteiger charge is -2.22. The first-order valence-electron chi connectivity index (χ1n) is 6.54. The van der Waals surface area contributed by atoms with Crippen molar-refractivity contribution < 1.29 is 4.74 Å². The molecular weight excluding hydrogens is 234 g/mol. The molecule has 2 aromatic rings. The Balaban J connectivity index is 2.53. The maximum absolute atomic E-state index is 5.48. The maximum Gasteiger partial charge on any atom is 0.123 e. The van der Waals surface area contributed by atoms with Crippen LogP contribution in [0.2, 0.25) is 0 Å². The van der Waals surface area contributed by atoms with E-state index in [9.17, 15) is 0 Å². The normalized spacial score (nSPS) is 12.2. The number of rotatable bonds is 4. The van der Waals surface area contributed by atoms with Crippen molar-refractivity contribution in [3.05, 3.63) is 64.7 Å². The summed E-state index contributed by atoms with van der Waals surface area (Å²) in [4.78, 5) is 0. The minimum absolute atomic E-state index is 0.149. The molecule has 0 fully saturated rings. The second kappa shape index (κ2) is 5.89. The summed E-state index contributed by atoms with van der Waals surface area (Å²) in [6.07, 6.45) is 0. The third kappa shape index (κ3) is 2.79. The Kier molecular flexibility index (Phi) is 4.23. The number of hydrogen-bond donors (Lipinski definition) is 1. The lowest BCUT2D eigenvalue weighted by molar-refractivity contribution is 0.405. The molecule has 0 aliphatic heterocycles. The minimum atomic E-state index is 0.149. The predicted octanol–water partition coefficient (Wildman–Crippen LogP) is 3.62. The Morgan fingerprint density at radius 2 is 1.74 bits per heavy atom. The van der Waals surface area contributed by atoms with Gasteiger partial charge in [0.05, 0.1) is 13.2 Å². The van der Waals surface area contributed by atoms with Gasteiger partial charge in [0, 0.05) is 5.56 Å². The van der Waals surface area contributed by atoms with E-state index in [0.717, 1.165) is 5.75 Å². The number of nitrogens with one attached hydrogen (secondary N) is 1. The van der Waals surface area contributed by atoms with E-state index in [1.165, 1.54) is 22.3 Å². The van der Waals surface area contributed by atoms with Gasteiger partial charge in [-0.2, -0.15) is 0 Å². The van der Waals surface area contributed by atoms with Crippen molar-refractivity contribution in [1.82, 2.24) is 5.32 Å². The minimum Gasteiger partial charge on any atom is -0.496 e. The third-order valence-electron chi connectivity index (χ3n) is 3.48. The topological polar surface area (TPSA) is 21.3 Å². The maximum atomic E-state index is 5.48. The van der Waals surface area contributed by atoms with Gasteiger partial charge in [0.25, 0.3) is 0 Å². The van der Waals surface area contributed by atoms with Gasteiger partial charge < -0.3 is 10.1 Å². The number of aryl methyl sites for hydroxylation is 2. The van der Waals surface area contributed by atoms with Gasteiger partial charge in [-0.3, -0.25) is 0 Å². The molecule has 0 aromatic heterocycles. The molecule has 19 heavy (non-hydrogen) atoms. The van der Waals surface area contributed by atoms with Crippen molar-refractivity contribution in [3.63, 3.8) is 0 Å². The second-order valence-electron chi connectivity index (χ2n) is 4.82. The highest BCUT2D eigenvalue weighted by Crippen LogP contribution is 2.31. The van der Waals surface area contributed by atoms with E-state index >= 15 is 0 Å². The van der Waals surface area contributed by atoms with Crippen LogP contribution in [0.3, 0.4) is 0 Å². The van der Waals surface area contributed by atoms with Crippen molar-refractivity contribution in [3.8, 4) is 5.75 Å². The summed E-state index contributed by atoms with van der Waals surface area (Å²) in [7, 11) is 3.70. The van der Waals surface area contributed by atoms with Gasteiger partial charge in [0.1, 0.15) is 5.75 Å². The average Bonchev–Trinajstić information content (AvgIpc) is 2.44. The van der Waals surface area contributed by atoms with Crippen LogP contribution in [-0.2, 0) is 0 Å².